The number of amides is 3. The number of hydrogen-bond donors (Lipinski definition) is 3. The molecule has 3 heterocycles. The molecule has 3 aromatic carbocycles. The summed E-state index contributed by atoms with van der Waals surface area (Å²) in [6, 6.07) is 20.5. The zero-order valence-electron chi connectivity index (χ0n) is 25.7. The molecule has 0 fully saturated rings. The lowest BCUT2D eigenvalue weighted by Crippen LogP contribution is -2.53. The van der Waals surface area contributed by atoms with Gasteiger partial charge in [0.25, 0.3) is 5.91 Å². The quantitative estimate of drug-likeness (QED) is 0.296. The first-order valence-corrected chi connectivity index (χ1v) is 16.2. The highest BCUT2D eigenvalue weighted by Crippen LogP contribution is 2.32. The number of rotatable bonds is 0. The van der Waals surface area contributed by atoms with Crippen molar-refractivity contribution >= 4 is 45.3 Å². The largest absolute Gasteiger partial charge is 0.464 e. The van der Waals surface area contributed by atoms with Gasteiger partial charge in [0.2, 0.25) is 11.8 Å². The van der Waals surface area contributed by atoms with Gasteiger partial charge in [0, 0.05) is 41.8 Å². The number of aryl methyl sites for hydroxylation is 1. The van der Waals surface area contributed by atoms with Crippen LogP contribution in [0.5, 0.6) is 0 Å². The number of ether oxygens (including phenoxy) is 1. The molecule has 3 aromatic rings. The van der Waals surface area contributed by atoms with Crippen LogP contribution in [0.15, 0.2) is 71.2 Å². The smallest absolute Gasteiger partial charge is 0.305 e. The molecule has 3 amide bonds. The number of nitrogens with zero attached hydrogens (tertiary/aromatic N) is 1. The molecule has 236 valence electrons. The fraction of sp³-hybridized carbons (Fsp3) is 0.371. The summed E-state index contributed by atoms with van der Waals surface area (Å²) in [7, 11) is 0. The van der Waals surface area contributed by atoms with Gasteiger partial charge in [-0.25, -0.2) is 0 Å². The van der Waals surface area contributed by atoms with Gasteiger partial charge < -0.3 is 25.6 Å². The second-order valence-electron chi connectivity index (χ2n) is 12.1. The van der Waals surface area contributed by atoms with Crippen LogP contribution in [0.25, 0.3) is 11.1 Å². The number of nitrogens with one attached hydrogen (secondary N) is 3. The van der Waals surface area contributed by atoms with Gasteiger partial charge in [-0.15, -0.1) is 0 Å². The van der Waals surface area contributed by atoms with Crippen LogP contribution in [0.3, 0.4) is 0 Å². The van der Waals surface area contributed by atoms with Gasteiger partial charge in [0.15, 0.2) is 0 Å². The summed E-state index contributed by atoms with van der Waals surface area (Å²) >= 11 is 3.57. The number of anilines is 1. The second kappa shape index (κ2) is 14.4. The Morgan fingerprint density at radius 2 is 1.67 bits per heavy atom. The first-order valence-electron chi connectivity index (χ1n) is 15.4. The third-order valence-electron chi connectivity index (χ3n) is 8.25. The van der Waals surface area contributed by atoms with Gasteiger partial charge in [-0.05, 0) is 73.6 Å². The fourth-order valence-corrected chi connectivity index (χ4v) is 5.95. The molecule has 0 radical (unpaired) electrons. The van der Waals surface area contributed by atoms with Crippen LogP contribution in [0.4, 0.5) is 5.69 Å². The zero-order chi connectivity index (χ0) is 32.0. The lowest BCUT2D eigenvalue weighted by Gasteiger charge is -2.30. The summed E-state index contributed by atoms with van der Waals surface area (Å²) in [5.41, 5.74) is 4.15. The average Bonchev–Trinajstić information content (AvgIpc) is 3.15. The summed E-state index contributed by atoms with van der Waals surface area (Å²) in [6.45, 7) is 5.20. The third kappa shape index (κ3) is 7.99. The zero-order valence-corrected chi connectivity index (χ0v) is 27.2. The minimum absolute atomic E-state index is 0.165. The number of carbonyl (C=O) groups excluding carboxylic acids is 4. The monoisotopic (exact) mass is 674 g/mol. The maximum Gasteiger partial charge on any atom is 0.305 e. The Bertz CT molecular complexity index is 1570. The molecule has 0 spiro atoms. The minimum Gasteiger partial charge on any atom is -0.464 e. The number of carbonyl (C=O) groups is 4. The SMILES string of the molecule is CC1(C)CNCCOC(=O)CCCNC(=O)c2ccccc2-c2ccc(cc2)CN2C(=O)[C@@H](CCc3ccc(Br)cc32)NC1=O. The molecule has 10 heteroatoms. The van der Waals surface area contributed by atoms with E-state index in [-0.39, 0.29) is 36.7 Å². The van der Waals surface area contributed by atoms with Crippen molar-refractivity contribution in [1.29, 1.82) is 0 Å². The predicted octanol–water partition coefficient (Wildman–Crippen LogP) is 4.76. The Morgan fingerprint density at radius 1 is 0.911 bits per heavy atom. The van der Waals surface area contributed by atoms with E-state index in [0.29, 0.717) is 51.0 Å². The van der Waals surface area contributed by atoms with Gasteiger partial charge in [-0.3, -0.25) is 19.2 Å². The Hall–Kier alpha value is -4.02. The Balaban J connectivity index is 1.46. The van der Waals surface area contributed by atoms with E-state index in [4.69, 9.17) is 4.74 Å². The molecule has 3 aliphatic heterocycles. The number of fused-ring (bicyclic) bond motifs is 16. The number of hydrogen-bond acceptors (Lipinski definition) is 6. The van der Waals surface area contributed by atoms with Gasteiger partial charge in [-0.2, -0.15) is 0 Å². The van der Waals surface area contributed by atoms with Crippen molar-refractivity contribution in [3.63, 3.8) is 0 Å². The van der Waals surface area contributed by atoms with Crippen molar-refractivity contribution in [2.24, 2.45) is 5.41 Å². The summed E-state index contributed by atoms with van der Waals surface area (Å²) in [6.07, 6.45) is 1.76. The van der Waals surface area contributed by atoms with Crippen molar-refractivity contribution < 1.29 is 23.9 Å². The van der Waals surface area contributed by atoms with Crippen LogP contribution < -0.4 is 20.9 Å². The van der Waals surface area contributed by atoms with Crippen molar-refractivity contribution in [2.45, 2.75) is 52.1 Å². The van der Waals surface area contributed by atoms with E-state index in [1.165, 1.54) is 0 Å². The van der Waals surface area contributed by atoms with Gasteiger partial charge in [0.05, 0.1) is 12.0 Å². The molecule has 3 aliphatic rings. The standard InChI is InChI=1S/C35H39BrN4O5/c1-35(2)22-37-18-19-45-31(41)8-5-17-38-32(42)28-7-4-3-6-27(28)24-11-9-23(10-12-24)21-40-30-20-26(36)15-13-25(30)14-16-29(33(40)43)39-34(35)44/h3-4,6-7,9-13,15,20,29,37H,5,8,14,16-19,21-22H2,1-2H3,(H,38,42)(H,39,44)/t29-/m1/s1. The van der Waals surface area contributed by atoms with Crippen LogP contribution in [-0.2, 0) is 32.1 Å². The molecule has 45 heavy (non-hydrogen) atoms. The van der Waals surface area contributed by atoms with Crippen LogP contribution in [0.1, 0.15) is 54.6 Å². The Labute approximate surface area is 272 Å². The molecule has 0 aromatic heterocycles. The maximum absolute atomic E-state index is 14.1. The van der Waals surface area contributed by atoms with E-state index >= 15 is 0 Å². The molecule has 9 nitrogen and oxygen atoms in total. The molecule has 4 bridgehead atoms. The highest BCUT2D eigenvalue weighted by Gasteiger charge is 2.35. The maximum atomic E-state index is 14.1. The Kier molecular flexibility index (Phi) is 10.4. The van der Waals surface area contributed by atoms with E-state index in [1.807, 2.05) is 74.5 Å². The minimum atomic E-state index is -0.810. The molecule has 0 aliphatic carbocycles. The van der Waals surface area contributed by atoms with E-state index in [2.05, 4.69) is 31.9 Å². The second-order valence-corrected chi connectivity index (χ2v) is 13.1. The van der Waals surface area contributed by atoms with Gasteiger partial charge >= 0.3 is 5.97 Å². The molecule has 1 atom stereocenters. The van der Waals surface area contributed by atoms with E-state index in [1.54, 1.807) is 11.0 Å². The lowest BCUT2D eigenvalue weighted by molar-refractivity contribution is -0.143. The molecule has 0 unspecified atom stereocenters. The normalized spacial score (nSPS) is 20.1. The lowest BCUT2D eigenvalue weighted by atomic mass is 9.91. The van der Waals surface area contributed by atoms with Crippen LogP contribution >= 0.6 is 15.9 Å². The summed E-state index contributed by atoms with van der Waals surface area (Å²) in [5, 5.41) is 9.15. The molecular formula is C35H39BrN4O5. The fourth-order valence-electron chi connectivity index (χ4n) is 5.61. The Morgan fingerprint density at radius 3 is 2.44 bits per heavy atom. The number of esters is 1. The number of halogens is 1. The molecule has 3 N–H and O–H groups in total. The first kappa shape index (κ1) is 32.4. The third-order valence-corrected chi connectivity index (χ3v) is 8.75. The molecule has 0 saturated carbocycles. The highest BCUT2D eigenvalue weighted by molar-refractivity contribution is 9.10. The summed E-state index contributed by atoms with van der Waals surface area (Å²) < 4.78 is 6.19. The topological polar surface area (TPSA) is 117 Å². The van der Waals surface area contributed by atoms with E-state index in [9.17, 15) is 19.2 Å². The first-order chi connectivity index (χ1) is 21.6. The molecular weight excluding hydrogens is 636 g/mol. The van der Waals surface area contributed by atoms with Crippen LogP contribution in [0, 0.1) is 5.41 Å². The van der Waals surface area contributed by atoms with Crippen molar-refractivity contribution in [1.82, 2.24) is 16.0 Å². The highest BCUT2D eigenvalue weighted by atomic mass is 79.9. The van der Waals surface area contributed by atoms with Gasteiger partial charge in [-0.1, -0.05) is 64.5 Å². The average molecular weight is 676 g/mol. The van der Waals surface area contributed by atoms with Crippen molar-refractivity contribution in [3.8, 4) is 11.1 Å². The van der Waals surface area contributed by atoms with Crippen LogP contribution in [0.2, 0.25) is 0 Å². The van der Waals surface area contributed by atoms with E-state index in [0.717, 1.165) is 32.4 Å². The van der Waals surface area contributed by atoms with Crippen molar-refractivity contribution in [3.05, 3.63) is 87.9 Å². The molecule has 6 rings (SSSR count). The van der Waals surface area contributed by atoms with Crippen molar-refractivity contribution in [2.75, 3.05) is 31.1 Å². The number of benzene rings is 3. The van der Waals surface area contributed by atoms with Crippen LogP contribution in [-0.4, -0.2) is 56.0 Å². The predicted molar refractivity (Wildman–Crippen MR) is 177 cm³/mol. The van der Waals surface area contributed by atoms with Gasteiger partial charge in [0.1, 0.15) is 12.6 Å². The van der Waals surface area contributed by atoms with E-state index < -0.39 is 11.5 Å². The summed E-state index contributed by atoms with van der Waals surface area (Å²) in [5.74, 6) is -0.953. The summed E-state index contributed by atoms with van der Waals surface area (Å²) in [4.78, 5) is 54.6. The molecule has 0 saturated heterocycles.